The molecule has 126 valence electrons. The van der Waals surface area contributed by atoms with Gasteiger partial charge in [-0.05, 0) is 58.4 Å². The first kappa shape index (κ1) is 16.8. The van der Waals surface area contributed by atoms with Gasteiger partial charge in [0.05, 0.1) is 18.2 Å². The number of rotatable bonds is 4. The topological polar surface area (TPSA) is 86.1 Å². The van der Waals surface area contributed by atoms with Crippen molar-refractivity contribution in [2.75, 3.05) is 12.4 Å². The van der Waals surface area contributed by atoms with Gasteiger partial charge in [0.1, 0.15) is 12.7 Å². The molecule has 8 heteroatoms. The van der Waals surface area contributed by atoms with E-state index >= 15 is 0 Å². The molecule has 0 unspecified atom stereocenters. The van der Waals surface area contributed by atoms with Crippen LogP contribution in [0, 0.1) is 0 Å². The molecule has 0 atom stereocenters. The van der Waals surface area contributed by atoms with E-state index in [0.717, 1.165) is 5.69 Å². The molecule has 1 N–H and O–H groups in total. The van der Waals surface area contributed by atoms with E-state index in [4.69, 9.17) is 0 Å². The zero-order valence-electron chi connectivity index (χ0n) is 13.1. The summed E-state index contributed by atoms with van der Waals surface area (Å²) in [6.45, 7) is 0. The summed E-state index contributed by atoms with van der Waals surface area (Å²) in [7, 11) is 1.32. The first-order chi connectivity index (χ1) is 12.1. The first-order valence-corrected chi connectivity index (χ1v) is 8.02. The maximum Gasteiger partial charge on any atom is 0.337 e. The lowest BCUT2D eigenvalue weighted by Crippen LogP contribution is -2.13. The van der Waals surface area contributed by atoms with Gasteiger partial charge in [0.15, 0.2) is 0 Å². The molecule has 0 aliphatic rings. The Hall–Kier alpha value is -3.00. The third kappa shape index (κ3) is 3.74. The Morgan fingerprint density at radius 1 is 1.08 bits per heavy atom. The van der Waals surface area contributed by atoms with E-state index in [2.05, 4.69) is 36.2 Å². The Bertz CT molecular complexity index is 908. The van der Waals surface area contributed by atoms with Gasteiger partial charge in [-0.15, -0.1) is 10.2 Å². The smallest absolute Gasteiger partial charge is 0.337 e. The first-order valence-electron chi connectivity index (χ1n) is 7.23. The lowest BCUT2D eigenvalue weighted by molar-refractivity contribution is 0.0600. The van der Waals surface area contributed by atoms with Crippen LogP contribution in [0.5, 0.6) is 0 Å². The number of hydrogen-bond donors (Lipinski definition) is 1. The van der Waals surface area contributed by atoms with Crippen molar-refractivity contribution in [2.45, 2.75) is 0 Å². The summed E-state index contributed by atoms with van der Waals surface area (Å²) < 4.78 is 7.01. The van der Waals surface area contributed by atoms with Crippen molar-refractivity contribution in [1.82, 2.24) is 14.8 Å². The number of aromatic nitrogens is 3. The fraction of sp³-hybridized carbons (Fsp3) is 0.0588. The molecule has 1 heterocycles. The average molecular weight is 401 g/mol. The Morgan fingerprint density at radius 3 is 2.40 bits per heavy atom. The highest BCUT2D eigenvalue weighted by atomic mass is 79.9. The van der Waals surface area contributed by atoms with Crippen molar-refractivity contribution >= 4 is 33.5 Å². The van der Waals surface area contributed by atoms with Crippen LogP contribution >= 0.6 is 15.9 Å². The number of hydrogen-bond acceptors (Lipinski definition) is 5. The molecule has 0 fully saturated rings. The molecule has 25 heavy (non-hydrogen) atoms. The van der Waals surface area contributed by atoms with E-state index in [-0.39, 0.29) is 5.91 Å². The molecule has 0 aliphatic carbocycles. The monoisotopic (exact) mass is 400 g/mol. The van der Waals surface area contributed by atoms with Gasteiger partial charge in [0.25, 0.3) is 5.91 Å². The number of ether oxygens (including phenoxy) is 1. The molecule has 3 aromatic rings. The normalized spacial score (nSPS) is 10.3. The summed E-state index contributed by atoms with van der Waals surface area (Å²) in [5, 5.41) is 10.3. The summed E-state index contributed by atoms with van der Waals surface area (Å²) in [4.78, 5) is 24.0. The van der Waals surface area contributed by atoms with Gasteiger partial charge in [0, 0.05) is 15.8 Å². The van der Waals surface area contributed by atoms with Crippen LogP contribution in [0.1, 0.15) is 20.7 Å². The molecular formula is C17H13BrN4O3. The van der Waals surface area contributed by atoms with Crippen LogP contribution < -0.4 is 5.32 Å². The third-order valence-corrected chi connectivity index (χ3v) is 4.17. The van der Waals surface area contributed by atoms with Crippen LogP contribution in [0.25, 0.3) is 5.69 Å². The molecule has 0 radical (unpaired) electrons. The average Bonchev–Trinajstić information content (AvgIpc) is 3.16. The maximum absolute atomic E-state index is 12.6. The molecule has 7 nitrogen and oxygen atoms in total. The Morgan fingerprint density at radius 2 is 1.76 bits per heavy atom. The maximum atomic E-state index is 12.6. The van der Waals surface area contributed by atoms with Crippen molar-refractivity contribution in [2.24, 2.45) is 0 Å². The highest BCUT2D eigenvalue weighted by Gasteiger charge is 2.13. The van der Waals surface area contributed by atoms with E-state index in [1.807, 2.05) is 6.07 Å². The highest BCUT2D eigenvalue weighted by Crippen LogP contribution is 2.22. The highest BCUT2D eigenvalue weighted by molar-refractivity contribution is 9.10. The minimum atomic E-state index is -0.428. The Balaban J connectivity index is 1.81. The molecule has 1 aromatic heterocycles. The standard InChI is InChI=1S/C17H13BrN4O3/c1-25-17(24)11-2-4-12(5-3-11)21-16(23)14-8-13(6-7-15(14)18)22-9-19-20-10-22/h2-10H,1H3,(H,21,23). The van der Waals surface area contributed by atoms with Crippen LogP contribution in [0.2, 0.25) is 0 Å². The summed E-state index contributed by atoms with van der Waals surface area (Å²) in [5.74, 6) is -0.713. The number of benzene rings is 2. The van der Waals surface area contributed by atoms with Crippen LogP contribution in [0.4, 0.5) is 5.69 Å². The zero-order valence-corrected chi connectivity index (χ0v) is 14.7. The molecule has 0 saturated carbocycles. The summed E-state index contributed by atoms with van der Waals surface area (Å²) in [6, 6.07) is 11.8. The van der Waals surface area contributed by atoms with Crippen LogP contribution in [0.15, 0.2) is 59.6 Å². The molecule has 3 rings (SSSR count). The Labute approximate surface area is 151 Å². The number of anilines is 1. The minimum absolute atomic E-state index is 0.285. The Kier molecular flexibility index (Phi) is 4.90. The molecule has 0 aliphatic heterocycles. The van der Waals surface area contributed by atoms with Crippen molar-refractivity contribution < 1.29 is 14.3 Å². The number of esters is 1. The van der Waals surface area contributed by atoms with E-state index in [9.17, 15) is 9.59 Å². The number of nitrogens with one attached hydrogen (secondary N) is 1. The summed E-state index contributed by atoms with van der Waals surface area (Å²) in [6.07, 6.45) is 3.10. The van der Waals surface area contributed by atoms with Gasteiger partial charge in [-0.1, -0.05) is 0 Å². The lowest BCUT2D eigenvalue weighted by Gasteiger charge is -2.10. The van der Waals surface area contributed by atoms with Gasteiger partial charge in [-0.25, -0.2) is 4.79 Å². The van der Waals surface area contributed by atoms with Crippen molar-refractivity contribution in [3.05, 3.63) is 70.7 Å². The summed E-state index contributed by atoms with van der Waals surface area (Å²) >= 11 is 3.39. The zero-order chi connectivity index (χ0) is 17.8. The van der Waals surface area contributed by atoms with E-state index in [1.165, 1.54) is 7.11 Å². The van der Waals surface area contributed by atoms with Gasteiger partial charge in [-0.2, -0.15) is 0 Å². The third-order valence-electron chi connectivity index (χ3n) is 3.48. The number of nitrogens with zero attached hydrogens (tertiary/aromatic N) is 3. The number of carbonyl (C=O) groups is 2. The predicted octanol–water partition coefficient (Wildman–Crippen LogP) is 3.07. The van der Waals surface area contributed by atoms with E-state index < -0.39 is 5.97 Å². The molecule has 0 saturated heterocycles. The lowest BCUT2D eigenvalue weighted by atomic mass is 10.1. The second kappa shape index (κ2) is 7.27. The second-order valence-electron chi connectivity index (χ2n) is 5.06. The predicted molar refractivity (Wildman–Crippen MR) is 94.8 cm³/mol. The summed E-state index contributed by atoms with van der Waals surface area (Å²) in [5.41, 5.74) is 2.21. The van der Waals surface area contributed by atoms with Gasteiger partial charge in [0.2, 0.25) is 0 Å². The molecule has 1 amide bonds. The molecule has 0 bridgehead atoms. The van der Waals surface area contributed by atoms with Gasteiger partial charge in [-0.3, -0.25) is 9.36 Å². The number of methoxy groups -OCH3 is 1. The number of carbonyl (C=O) groups excluding carboxylic acids is 2. The van der Waals surface area contributed by atoms with E-state index in [0.29, 0.717) is 21.3 Å². The quantitative estimate of drug-likeness (QED) is 0.680. The van der Waals surface area contributed by atoms with E-state index in [1.54, 1.807) is 53.6 Å². The fourth-order valence-electron chi connectivity index (χ4n) is 2.19. The number of amides is 1. The van der Waals surface area contributed by atoms with Crippen molar-refractivity contribution in [1.29, 1.82) is 0 Å². The largest absolute Gasteiger partial charge is 0.465 e. The van der Waals surface area contributed by atoms with Gasteiger partial charge >= 0.3 is 5.97 Å². The van der Waals surface area contributed by atoms with Crippen LogP contribution in [-0.4, -0.2) is 33.8 Å². The minimum Gasteiger partial charge on any atom is -0.465 e. The van der Waals surface area contributed by atoms with Crippen LogP contribution in [-0.2, 0) is 4.74 Å². The van der Waals surface area contributed by atoms with Crippen molar-refractivity contribution in [3.63, 3.8) is 0 Å². The SMILES string of the molecule is COC(=O)c1ccc(NC(=O)c2cc(-n3cnnc3)ccc2Br)cc1. The van der Waals surface area contributed by atoms with Crippen LogP contribution in [0.3, 0.4) is 0 Å². The molecule has 2 aromatic carbocycles. The van der Waals surface area contributed by atoms with Gasteiger partial charge < -0.3 is 10.1 Å². The fourth-order valence-corrected chi connectivity index (χ4v) is 2.61. The number of halogens is 1. The molecular weight excluding hydrogens is 388 g/mol. The second-order valence-corrected chi connectivity index (χ2v) is 5.91. The molecule has 0 spiro atoms. The van der Waals surface area contributed by atoms with Crippen molar-refractivity contribution in [3.8, 4) is 5.69 Å².